The third kappa shape index (κ3) is 0.821. The van der Waals surface area contributed by atoms with Gasteiger partial charge in [-0.2, -0.15) is 0 Å². The van der Waals surface area contributed by atoms with Gasteiger partial charge in [-0.25, -0.2) is 20.0 Å². The van der Waals surface area contributed by atoms with Crippen LogP contribution in [0.25, 0.3) is 0 Å². The zero-order valence-electron chi connectivity index (χ0n) is 6.52. The standard InChI is InChI=1S/C6H8N6/c1-8-6(7)4-5(10-2-9-4)11-3-12-6/h2-3,8H,7H2,1H3. The van der Waals surface area contributed by atoms with Crippen LogP contribution in [0, 0.1) is 0 Å². The molecule has 6 nitrogen and oxygen atoms in total. The van der Waals surface area contributed by atoms with E-state index < -0.39 is 5.79 Å². The Labute approximate surface area is 69.0 Å². The lowest BCUT2D eigenvalue weighted by Crippen LogP contribution is -2.59. The minimum atomic E-state index is -0.965. The molecule has 2 rings (SSSR count). The van der Waals surface area contributed by atoms with E-state index in [-0.39, 0.29) is 0 Å². The van der Waals surface area contributed by atoms with Gasteiger partial charge in [-0.3, -0.25) is 11.1 Å². The second-order valence-corrected chi connectivity index (χ2v) is 2.44. The SMILES string of the molecule is CNC1(N)N=CN=C2N=CN=C21. The van der Waals surface area contributed by atoms with Crippen molar-refractivity contribution in [3.63, 3.8) is 0 Å². The van der Waals surface area contributed by atoms with Crippen LogP contribution in [-0.2, 0) is 0 Å². The van der Waals surface area contributed by atoms with E-state index in [9.17, 15) is 0 Å². The van der Waals surface area contributed by atoms with Gasteiger partial charge in [0.1, 0.15) is 18.4 Å². The number of nitrogens with one attached hydrogen (secondary N) is 1. The van der Waals surface area contributed by atoms with E-state index in [1.807, 2.05) is 0 Å². The van der Waals surface area contributed by atoms with Crippen molar-refractivity contribution in [3.05, 3.63) is 0 Å². The van der Waals surface area contributed by atoms with Crippen LogP contribution >= 0.6 is 0 Å². The monoisotopic (exact) mass is 164 g/mol. The smallest absolute Gasteiger partial charge is 0.211 e. The minimum Gasteiger partial charge on any atom is -0.289 e. The Morgan fingerprint density at radius 1 is 1.42 bits per heavy atom. The quantitative estimate of drug-likeness (QED) is 0.474. The van der Waals surface area contributed by atoms with Gasteiger partial charge in [0.15, 0.2) is 5.84 Å². The van der Waals surface area contributed by atoms with E-state index >= 15 is 0 Å². The van der Waals surface area contributed by atoms with E-state index in [0.29, 0.717) is 11.5 Å². The molecule has 12 heavy (non-hydrogen) atoms. The van der Waals surface area contributed by atoms with Gasteiger partial charge in [0, 0.05) is 0 Å². The predicted molar refractivity (Wildman–Crippen MR) is 47.8 cm³/mol. The highest BCUT2D eigenvalue weighted by Gasteiger charge is 2.35. The maximum atomic E-state index is 5.84. The van der Waals surface area contributed by atoms with Crippen molar-refractivity contribution in [3.8, 4) is 0 Å². The van der Waals surface area contributed by atoms with Crippen molar-refractivity contribution in [1.82, 2.24) is 5.32 Å². The minimum absolute atomic E-state index is 0.529. The maximum absolute atomic E-state index is 5.84. The van der Waals surface area contributed by atoms with Crippen LogP contribution in [0.5, 0.6) is 0 Å². The Hall–Kier alpha value is -1.40. The number of rotatable bonds is 1. The van der Waals surface area contributed by atoms with Crippen molar-refractivity contribution in [2.24, 2.45) is 25.7 Å². The van der Waals surface area contributed by atoms with E-state index in [2.05, 4.69) is 25.3 Å². The van der Waals surface area contributed by atoms with Crippen LogP contribution in [-0.4, -0.2) is 37.1 Å². The molecule has 2 heterocycles. The van der Waals surface area contributed by atoms with E-state index in [4.69, 9.17) is 5.73 Å². The maximum Gasteiger partial charge on any atom is 0.211 e. The fraction of sp³-hybridized carbons (Fsp3) is 0.333. The molecule has 0 aromatic rings. The highest BCUT2D eigenvalue weighted by molar-refractivity contribution is 6.50. The first-order valence-corrected chi connectivity index (χ1v) is 3.47. The van der Waals surface area contributed by atoms with E-state index in [1.54, 1.807) is 7.05 Å². The third-order valence-corrected chi connectivity index (χ3v) is 1.76. The Morgan fingerprint density at radius 3 is 3.00 bits per heavy atom. The van der Waals surface area contributed by atoms with Crippen LogP contribution in [0.2, 0.25) is 0 Å². The molecule has 0 bridgehead atoms. The molecule has 1 unspecified atom stereocenters. The van der Waals surface area contributed by atoms with Crippen molar-refractivity contribution in [1.29, 1.82) is 0 Å². The Morgan fingerprint density at radius 2 is 2.25 bits per heavy atom. The molecule has 0 fully saturated rings. The first-order valence-electron chi connectivity index (χ1n) is 3.47. The molecule has 0 saturated carbocycles. The van der Waals surface area contributed by atoms with Crippen LogP contribution in [0.1, 0.15) is 0 Å². The summed E-state index contributed by atoms with van der Waals surface area (Å²) in [6, 6.07) is 0. The number of amidine groups is 1. The third-order valence-electron chi connectivity index (χ3n) is 1.76. The molecular formula is C6H8N6. The highest BCUT2D eigenvalue weighted by Crippen LogP contribution is 2.10. The summed E-state index contributed by atoms with van der Waals surface area (Å²) in [5.74, 6) is -0.435. The summed E-state index contributed by atoms with van der Waals surface area (Å²) in [4.78, 5) is 15.8. The lowest BCUT2D eigenvalue weighted by Gasteiger charge is -2.25. The molecule has 0 aromatic carbocycles. The molecule has 0 spiro atoms. The number of nitrogens with zero attached hydrogens (tertiary/aromatic N) is 4. The van der Waals surface area contributed by atoms with Gasteiger partial charge in [-0.1, -0.05) is 0 Å². The molecule has 1 atom stereocenters. The molecule has 0 saturated heterocycles. The van der Waals surface area contributed by atoms with Gasteiger partial charge < -0.3 is 0 Å². The number of hydrogen-bond donors (Lipinski definition) is 2. The Kier molecular flexibility index (Phi) is 1.39. The van der Waals surface area contributed by atoms with Crippen LogP contribution < -0.4 is 11.1 Å². The van der Waals surface area contributed by atoms with Gasteiger partial charge in [0.2, 0.25) is 5.79 Å². The number of hydrogen-bond acceptors (Lipinski definition) is 6. The number of aliphatic imine (C=N–C) groups is 4. The van der Waals surface area contributed by atoms with Crippen molar-refractivity contribution in [2.45, 2.75) is 5.79 Å². The molecular weight excluding hydrogens is 156 g/mol. The molecule has 0 amide bonds. The molecule has 2 aliphatic rings. The van der Waals surface area contributed by atoms with Crippen LogP contribution in [0.15, 0.2) is 20.0 Å². The summed E-state index contributed by atoms with van der Waals surface area (Å²) in [5.41, 5.74) is 6.41. The topological polar surface area (TPSA) is 87.5 Å². The summed E-state index contributed by atoms with van der Waals surface area (Å²) in [6.07, 6.45) is 2.80. The molecule has 6 heteroatoms. The second-order valence-electron chi connectivity index (χ2n) is 2.44. The molecule has 62 valence electrons. The summed E-state index contributed by atoms with van der Waals surface area (Å²) < 4.78 is 0. The number of fused-ring (bicyclic) bond motifs is 1. The molecule has 0 radical (unpaired) electrons. The van der Waals surface area contributed by atoms with Crippen molar-refractivity contribution in [2.75, 3.05) is 7.05 Å². The first kappa shape index (κ1) is 7.26. The van der Waals surface area contributed by atoms with Gasteiger partial charge in [0.25, 0.3) is 0 Å². The van der Waals surface area contributed by atoms with Crippen molar-refractivity contribution < 1.29 is 0 Å². The molecule has 2 aliphatic heterocycles. The zero-order valence-corrected chi connectivity index (χ0v) is 6.52. The zero-order chi connectivity index (χ0) is 8.60. The highest BCUT2D eigenvalue weighted by atomic mass is 15.3. The van der Waals surface area contributed by atoms with Gasteiger partial charge in [-0.05, 0) is 7.05 Å². The van der Waals surface area contributed by atoms with Gasteiger partial charge in [0.05, 0.1) is 0 Å². The summed E-state index contributed by atoms with van der Waals surface area (Å²) in [6.45, 7) is 0. The average molecular weight is 164 g/mol. The summed E-state index contributed by atoms with van der Waals surface area (Å²) >= 11 is 0. The van der Waals surface area contributed by atoms with Crippen LogP contribution in [0.4, 0.5) is 0 Å². The van der Waals surface area contributed by atoms with E-state index in [1.165, 1.54) is 12.7 Å². The van der Waals surface area contributed by atoms with Gasteiger partial charge >= 0.3 is 0 Å². The van der Waals surface area contributed by atoms with Crippen LogP contribution in [0.3, 0.4) is 0 Å². The largest absolute Gasteiger partial charge is 0.289 e. The second kappa shape index (κ2) is 2.29. The molecule has 0 aliphatic carbocycles. The van der Waals surface area contributed by atoms with Crippen molar-refractivity contribution >= 4 is 24.2 Å². The Balaban J connectivity index is 2.45. The lowest BCUT2D eigenvalue weighted by atomic mass is 10.2. The number of nitrogens with two attached hydrogens (primary N) is 1. The fourth-order valence-electron chi connectivity index (χ4n) is 1.04. The normalized spacial score (nSPS) is 31.5. The fourth-order valence-corrected chi connectivity index (χ4v) is 1.04. The Bertz CT molecular complexity index is 325. The molecule has 3 N–H and O–H groups in total. The summed E-state index contributed by atoms with van der Waals surface area (Å²) in [5, 5.41) is 2.84. The summed E-state index contributed by atoms with van der Waals surface area (Å²) in [7, 11) is 1.71. The van der Waals surface area contributed by atoms with Gasteiger partial charge in [-0.15, -0.1) is 0 Å². The first-order chi connectivity index (χ1) is 5.76. The average Bonchev–Trinajstić information content (AvgIpc) is 2.54. The van der Waals surface area contributed by atoms with E-state index in [0.717, 1.165) is 0 Å². The predicted octanol–water partition coefficient (Wildman–Crippen LogP) is -1.26. The molecule has 0 aromatic heterocycles. The lowest BCUT2D eigenvalue weighted by molar-refractivity contribution is 0.516.